The van der Waals surface area contributed by atoms with E-state index >= 15 is 0 Å². The molecule has 0 atom stereocenters. The minimum absolute atomic E-state index is 0.0730. The van der Waals surface area contributed by atoms with Crippen molar-refractivity contribution in [3.05, 3.63) is 48.7 Å². The van der Waals surface area contributed by atoms with E-state index in [1.807, 2.05) is 56.3 Å². The Morgan fingerprint density at radius 1 is 1.10 bits per heavy atom. The molecule has 20 heavy (non-hydrogen) atoms. The van der Waals surface area contributed by atoms with Crippen LogP contribution in [0.4, 0.5) is 5.69 Å². The third-order valence-corrected chi connectivity index (χ3v) is 3.46. The van der Waals surface area contributed by atoms with Gasteiger partial charge < -0.3 is 5.32 Å². The molecular weight excluding hydrogens is 248 g/mol. The molecule has 2 aromatic rings. The first kappa shape index (κ1) is 14.3. The molecule has 3 nitrogen and oxygen atoms in total. The minimum atomic E-state index is 0.0730. The number of carbonyl (C=O) groups is 1. The van der Waals surface area contributed by atoms with Gasteiger partial charge in [0.2, 0.25) is 5.91 Å². The molecule has 0 saturated carbocycles. The number of pyridine rings is 1. The van der Waals surface area contributed by atoms with Gasteiger partial charge in [-0.1, -0.05) is 44.2 Å². The Morgan fingerprint density at radius 2 is 1.80 bits per heavy atom. The van der Waals surface area contributed by atoms with E-state index in [1.54, 1.807) is 6.20 Å². The normalized spacial score (nSPS) is 10.6. The number of amides is 1. The highest BCUT2D eigenvalue weighted by Crippen LogP contribution is 2.19. The standard InChI is InChI=1S/C17H20N2O/c1-3-13(4-2)17(20)19-15-10-11-16(18-12-15)14-8-6-5-7-9-14/h5-13H,3-4H2,1-2H3,(H,19,20). The van der Waals surface area contributed by atoms with Crippen molar-refractivity contribution in [2.24, 2.45) is 5.92 Å². The number of anilines is 1. The van der Waals surface area contributed by atoms with Crippen molar-refractivity contribution in [3.8, 4) is 11.3 Å². The van der Waals surface area contributed by atoms with Gasteiger partial charge in [0.05, 0.1) is 17.6 Å². The molecule has 1 aromatic heterocycles. The molecule has 1 N–H and O–H groups in total. The molecule has 0 saturated heterocycles. The van der Waals surface area contributed by atoms with E-state index in [0.717, 1.165) is 29.8 Å². The smallest absolute Gasteiger partial charge is 0.227 e. The van der Waals surface area contributed by atoms with Gasteiger partial charge in [0.25, 0.3) is 0 Å². The van der Waals surface area contributed by atoms with Crippen LogP contribution < -0.4 is 5.32 Å². The third-order valence-electron chi connectivity index (χ3n) is 3.46. The molecule has 0 fully saturated rings. The van der Waals surface area contributed by atoms with Crippen LogP contribution in [-0.4, -0.2) is 10.9 Å². The maximum absolute atomic E-state index is 12.0. The Balaban J connectivity index is 2.07. The van der Waals surface area contributed by atoms with Gasteiger partial charge in [0.15, 0.2) is 0 Å². The van der Waals surface area contributed by atoms with E-state index in [4.69, 9.17) is 0 Å². The third kappa shape index (κ3) is 3.44. The molecule has 0 spiro atoms. The number of benzene rings is 1. The van der Waals surface area contributed by atoms with Crippen molar-refractivity contribution in [2.45, 2.75) is 26.7 Å². The lowest BCUT2D eigenvalue weighted by molar-refractivity contribution is -0.120. The topological polar surface area (TPSA) is 42.0 Å². The second-order valence-electron chi connectivity index (χ2n) is 4.80. The van der Waals surface area contributed by atoms with E-state index in [-0.39, 0.29) is 11.8 Å². The molecule has 0 aliphatic rings. The van der Waals surface area contributed by atoms with Crippen molar-refractivity contribution >= 4 is 11.6 Å². The van der Waals surface area contributed by atoms with Crippen LogP contribution >= 0.6 is 0 Å². The number of nitrogens with zero attached hydrogens (tertiary/aromatic N) is 1. The molecule has 0 radical (unpaired) electrons. The van der Waals surface area contributed by atoms with Gasteiger partial charge in [0, 0.05) is 11.5 Å². The van der Waals surface area contributed by atoms with E-state index in [9.17, 15) is 4.79 Å². The number of hydrogen-bond acceptors (Lipinski definition) is 2. The second kappa shape index (κ2) is 6.85. The van der Waals surface area contributed by atoms with Gasteiger partial charge in [-0.25, -0.2) is 0 Å². The minimum Gasteiger partial charge on any atom is -0.324 e. The van der Waals surface area contributed by atoms with Crippen LogP contribution in [0.2, 0.25) is 0 Å². The second-order valence-corrected chi connectivity index (χ2v) is 4.80. The number of aromatic nitrogens is 1. The van der Waals surface area contributed by atoms with E-state index in [0.29, 0.717) is 0 Å². The Morgan fingerprint density at radius 3 is 2.35 bits per heavy atom. The lowest BCUT2D eigenvalue weighted by atomic mass is 10.0. The Bertz CT molecular complexity index is 545. The summed E-state index contributed by atoms with van der Waals surface area (Å²) >= 11 is 0. The summed E-state index contributed by atoms with van der Waals surface area (Å²) in [5, 5.41) is 2.92. The summed E-state index contributed by atoms with van der Waals surface area (Å²) in [4.78, 5) is 16.4. The molecule has 0 bridgehead atoms. The first-order valence-electron chi connectivity index (χ1n) is 7.07. The van der Waals surface area contributed by atoms with Crippen LogP contribution in [0.5, 0.6) is 0 Å². The highest BCUT2D eigenvalue weighted by Gasteiger charge is 2.14. The zero-order valence-corrected chi connectivity index (χ0v) is 12.0. The number of carbonyl (C=O) groups excluding carboxylic acids is 1. The number of hydrogen-bond donors (Lipinski definition) is 1. The lowest BCUT2D eigenvalue weighted by Gasteiger charge is -2.12. The summed E-state index contributed by atoms with van der Waals surface area (Å²) < 4.78 is 0. The predicted octanol–water partition coefficient (Wildman–Crippen LogP) is 4.12. The number of rotatable bonds is 5. The van der Waals surface area contributed by atoms with Gasteiger partial charge in [-0.05, 0) is 25.0 Å². The summed E-state index contributed by atoms with van der Waals surface area (Å²) in [6, 6.07) is 13.8. The van der Waals surface area contributed by atoms with Crippen LogP contribution in [0.3, 0.4) is 0 Å². The van der Waals surface area contributed by atoms with Crippen molar-refractivity contribution in [3.63, 3.8) is 0 Å². The van der Waals surface area contributed by atoms with Crippen LogP contribution in [0.25, 0.3) is 11.3 Å². The maximum atomic E-state index is 12.0. The molecule has 0 unspecified atom stereocenters. The molecule has 0 aliphatic heterocycles. The van der Waals surface area contributed by atoms with Crippen molar-refractivity contribution in [1.29, 1.82) is 0 Å². The summed E-state index contributed by atoms with van der Waals surface area (Å²) in [6.07, 6.45) is 3.43. The largest absolute Gasteiger partial charge is 0.324 e. The molecule has 1 amide bonds. The molecule has 0 aliphatic carbocycles. The number of nitrogens with one attached hydrogen (secondary N) is 1. The molecule has 1 aromatic carbocycles. The Hall–Kier alpha value is -2.16. The fraction of sp³-hybridized carbons (Fsp3) is 0.294. The van der Waals surface area contributed by atoms with Gasteiger partial charge in [0.1, 0.15) is 0 Å². The van der Waals surface area contributed by atoms with Crippen molar-refractivity contribution in [2.75, 3.05) is 5.32 Å². The fourth-order valence-corrected chi connectivity index (χ4v) is 2.15. The van der Waals surface area contributed by atoms with Crippen molar-refractivity contribution in [1.82, 2.24) is 4.98 Å². The van der Waals surface area contributed by atoms with Gasteiger partial charge in [-0.3, -0.25) is 9.78 Å². The van der Waals surface area contributed by atoms with Crippen LogP contribution in [0.15, 0.2) is 48.7 Å². The SMILES string of the molecule is CCC(CC)C(=O)Nc1ccc(-c2ccccc2)nc1. The van der Waals surface area contributed by atoms with Crippen LogP contribution in [0.1, 0.15) is 26.7 Å². The summed E-state index contributed by atoms with van der Waals surface area (Å²) in [5.74, 6) is 0.146. The van der Waals surface area contributed by atoms with Gasteiger partial charge >= 0.3 is 0 Å². The molecule has 3 heteroatoms. The first-order valence-corrected chi connectivity index (χ1v) is 7.07. The molecule has 2 rings (SSSR count). The zero-order valence-electron chi connectivity index (χ0n) is 12.0. The Labute approximate surface area is 120 Å². The molecule has 104 valence electrons. The predicted molar refractivity (Wildman–Crippen MR) is 82.4 cm³/mol. The summed E-state index contributed by atoms with van der Waals surface area (Å²) in [7, 11) is 0. The van der Waals surface area contributed by atoms with E-state index < -0.39 is 0 Å². The highest BCUT2D eigenvalue weighted by molar-refractivity contribution is 5.92. The van der Waals surface area contributed by atoms with Gasteiger partial charge in [-0.15, -0.1) is 0 Å². The average molecular weight is 268 g/mol. The Kier molecular flexibility index (Phi) is 4.88. The summed E-state index contributed by atoms with van der Waals surface area (Å²) in [5.41, 5.74) is 2.73. The van der Waals surface area contributed by atoms with Crippen molar-refractivity contribution < 1.29 is 4.79 Å². The molecule has 1 heterocycles. The van der Waals surface area contributed by atoms with E-state index in [2.05, 4.69) is 10.3 Å². The maximum Gasteiger partial charge on any atom is 0.227 e. The monoisotopic (exact) mass is 268 g/mol. The quantitative estimate of drug-likeness (QED) is 0.886. The first-order chi connectivity index (χ1) is 9.74. The fourth-order valence-electron chi connectivity index (χ4n) is 2.15. The highest BCUT2D eigenvalue weighted by atomic mass is 16.1. The summed E-state index contributed by atoms with van der Waals surface area (Å²) in [6.45, 7) is 4.06. The van der Waals surface area contributed by atoms with Crippen LogP contribution in [0, 0.1) is 5.92 Å². The van der Waals surface area contributed by atoms with Gasteiger partial charge in [-0.2, -0.15) is 0 Å². The lowest BCUT2D eigenvalue weighted by Crippen LogP contribution is -2.21. The van der Waals surface area contributed by atoms with Crippen LogP contribution in [-0.2, 0) is 4.79 Å². The molecular formula is C17H20N2O. The van der Waals surface area contributed by atoms with E-state index in [1.165, 1.54) is 0 Å². The average Bonchev–Trinajstić information content (AvgIpc) is 2.50. The zero-order chi connectivity index (χ0) is 14.4.